The molecular formula is C28H32N2O3. The molecule has 0 aliphatic heterocycles. The molecule has 5 nitrogen and oxygen atoms in total. The van der Waals surface area contributed by atoms with E-state index in [1.807, 2.05) is 18.2 Å². The van der Waals surface area contributed by atoms with Gasteiger partial charge in [-0.25, -0.2) is 4.98 Å². The van der Waals surface area contributed by atoms with E-state index >= 15 is 0 Å². The first-order valence-electron chi connectivity index (χ1n) is 11.5. The van der Waals surface area contributed by atoms with E-state index < -0.39 is 0 Å². The van der Waals surface area contributed by atoms with Crippen LogP contribution < -0.4 is 14.2 Å². The molecule has 0 saturated heterocycles. The first-order chi connectivity index (χ1) is 16.1. The predicted octanol–water partition coefficient (Wildman–Crippen LogP) is 6.24. The Morgan fingerprint density at radius 1 is 0.879 bits per heavy atom. The van der Waals surface area contributed by atoms with Crippen LogP contribution in [0.2, 0.25) is 0 Å². The third-order valence-corrected chi connectivity index (χ3v) is 5.89. The van der Waals surface area contributed by atoms with E-state index in [-0.39, 0.29) is 0 Å². The summed E-state index contributed by atoms with van der Waals surface area (Å²) < 4.78 is 19.2. The smallest absolute Gasteiger partial charge is 0.161 e. The number of aryl methyl sites for hydroxylation is 1. The van der Waals surface area contributed by atoms with Gasteiger partial charge in [-0.15, -0.1) is 0 Å². The maximum Gasteiger partial charge on any atom is 0.161 e. The molecule has 172 valence electrons. The molecule has 1 heterocycles. The van der Waals surface area contributed by atoms with E-state index in [4.69, 9.17) is 19.2 Å². The van der Waals surface area contributed by atoms with Gasteiger partial charge in [-0.2, -0.15) is 0 Å². The predicted molar refractivity (Wildman–Crippen MR) is 133 cm³/mol. The van der Waals surface area contributed by atoms with Gasteiger partial charge in [-0.05, 0) is 59.9 Å². The summed E-state index contributed by atoms with van der Waals surface area (Å²) in [4.78, 5) is 4.92. The molecule has 0 aliphatic rings. The zero-order chi connectivity index (χ0) is 23.2. The normalized spacial score (nSPS) is 11.2. The molecule has 0 aliphatic carbocycles. The Hall–Kier alpha value is -3.47. The lowest BCUT2D eigenvalue weighted by Gasteiger charge is -2.12. The quantitative estimate of drug-likeness (QED) is 0.272. The van der Waals surface area contributed by atoms with Crippen LogP contribution in [-0.2, 0) is 13.0 Å². The summed E-state index contributed by atoms with van der Waals surface area (Å²) in [6.45, 7) is 5.90. The van der Waals surface area contributed by atoms with Crippen LogP contribution in [0, 0.1) is 0 Å². The average Bonchev–Trinajstić information content (AvgIpc) is 3.18. The molecule has 4 rings (SSSR count). The highest BCUT2D eigenvalue weighted by Gasteiger charge is 2.13. The summed E-state index contributed by atoms with van der Waals surface area (Å²) in [6.07, 6.45) is 1.61. The second-order valence-corrected chi connectivity index (χ2v) is 8.46. The lowest BCUT2D eigenvalue weighted by atomic mass is 10.0. The Kier molecular flexibility index (Phi) is 7.18. The lowest BCUT2D eigenvalue weighted by Crippen LogP contribution is -2.08. The number of imidazole rings is 1. The number of benzene rings is 3. The summed E-state index contributed by atoms with van der Waals surface area (Å²) in [7, 11) is 3.31. The molecule has 0 bridgehead atoms. The van der Waals surface area contributed by atoms with Gasteiger partial charge in [0.2, 0.25) is 0 Å². The summed E-state index contributed by atoms with van der Waals surface area (Å²) in [5.41, 5.74) is 4.62. The fourth-order valence-corrected chi connectivity index (χ4v) is 4.04. The summed E-state index contributed by atoms with van der Waals surface area (Å²) >= 11 is 0. The zero-order valence-corrected chi connectivity index (χ0v) is 19.9. The summed E-state index contributed by atoms with van der Waals surface area (Å²) in [6, 6.07) is 22.7. The highest BCUT2D eigenvalue weighted by atomic mass is 16.5. The van der Waals surface area contributed by atoms with Crippen molar-refractivity contribution in [3.05, 3.63) is 83.7 Å². The van der Waals surface area contributed by atoms with Crippen LogP contribution in [0.3, 0.4) is 0 Å². The second kappa shape index (κ2) is 10.4. The van der Waals surface area contributed by atoms with E-state index in [9.17, 15) is 0 Å². The number of fused-ring (bicyclic) bond motifs is 1. The number of rotatable bonds is 10. The van der Waals surface area contributed by atoms with Crippen molar-refractivity contribution in [3.63, 3.8) is 0 Å². The molecule has 0 fully saturated rings. The van der Waals surface area contributed by atoms with Crippen molar-refractivity contribution in [3.8, 4) is 17.2 Å². The first-order valence-corrected chi connectivity index (χ1v) is 11.5. The molecule has 3 aromatic carbocycles. The molecule has 0 radical (unpaired) electrons. The summed E-state index contributed by atoms with van der Waals surface area (Å²) in [5.74, 6) is 3.94. The van der Waals surface area contributed by atoms with Crippen LogP contribution in [-0.4, -0.2) is 30.4 Å². The standard InChI is InChI=1S/C28H32N2O3/c1-20(2)22-11-13-23(14-12-22)33-17-7-16-30-25-9-6-5-8-24(25)29-28(30)19-21-10-15-26(31-3)27(18-21)32-4/h5-6,8-15,18,20H,7,16-17,19H2,1-4H3. The Morgan fingerprint density at radius 2 is 1.64 bits per heavy atom. The largest absolute Gasteiger partial charge is 0.494 e. The molecule has 0 unspecified atom stereocenters. The van der Waals surface area contributed by atoms with Gasteiger partial charge in [0.05, 0.1) is 31.9 Å². The molecule has 0 saturated carbocycles. The van der Waals surface area contributed by atoms with Gasteiger partial charge in [-0.1, -0.05) is 44.2 Å². The highest BCUT2D eigenvalue weighted by Crippen LogP contribution is 2.29. The molecule has 1 aromatic heterocycles. The van der Waals surface area contributed by atoms with Crippen LogP contribution in [0.4, 0.5) is 0 Å². The van der Waals surface area contributed by atoms with Crippen molar-refractivity contribution >= 4 is 11.0 Å². The number of hydrogen-bond acceptors (Lipinski definition) is 4. The second-order valence-electron chi connectivity index (χ2n) is 8.46. The average molecular weight is 445 g/mol. The third kappa shape index (κ3) is 5.30. The van der Waals surface area contributed by atoms with Gasteiger partial charge in [0, 0.05) is 13.0 Å². The zero-order valence-electron chi connectivity index (χ0n) is 19.9. The molecule has 0 N–H and O–H groups in total. The van der Waals surface area contributed by atoms with Crippen molar-refractivity contribution in [2.24, 2.45) is 0 Å². The van der Waals surface area contributed by atoms with E-state index in [1.165, 1.54) is 5.56 Å². The number of ether oxygens (including phenoxy) is 3. The molecule has 4 aromatic rings. The molecule has 33 heavy (non-hydrogen) atoms. The number of nitrogens with zero attached hydrogens (tertiary/aromatic N) is 2. The van der Waals surface area contributed by atoms with E-state index in [0.717, 1.165) is 52.6 Å². The van der Waals surface area contributed by atoms with Crippen molar-refractivity contribution in [1.29, 1.82) is 0 Å². The van der Waals surface area contributed by atoms with Gasteiger partial charge < -0.3 is 18.8 Å². The number of aromatic nitrogens is 2. The van der Waals surface area contributed by atoms with Crippen molar-refractivity contribution in [2.45, 2.75) is 39.2 Å². The van der Waals surface area contributed by atoms with E-state index in [2.05, 4.69) is 66.9 Å². The van der Waals surface area contributed by atoms with Crippen LogP contribution in [0.5, 0.6) is 17.2 Å². The van der Waals surface area contributed by atoms with Crippen LogP contribution in [0.1, 0.15) is 43.1 Å². The minimum atomic E-state index is 0.526. The number of methoxy groups -OCH3 is 2. The molecule has 0 atom stereocenters. The molecule has 5 heteroatoms. The van der Waals surface area contributed by atoms with E-state index in [1.54, 1.807) is 14.2 Å². The van der Waals surface area contributed by atoms with Crippen LogP contribution in [0.15, 0.2) is 66.7 Å². The Bertz CT molecular complexity index is 1200. The molecule has 0 spiro atoms. The Labute approximate surface area is 195 Å². The Morgan fingerprint density at radius 3 is 2.36 bits per heavy atom. The lowest BCUT2D eigenvalue weighted by molar-refractivity contribution is 0.302. The van der Waals surface area contributed by atoms with E-state index in [0.29, 0.717) is 18.9 Å². The minimum absolute atomic E-state index is 0.526. The number of hydrogen-bond donors (Lipinski definition) is 0. The maximum absolute atomic E-state index is 6.00. The maximum atomic E-state index is 6.00. The van der Waals surface area contributed by atoms with Gasteiger partial charge in [-0.3, -0.25) is 0 Å². The van der Waals surface area contributed by atoms with Crippen LogP contribution in [0.25, 0.3) is 11.0 Å². The van der Waals surface area contributed by atoms with Gasteiger partial charge in [0.15, 0.2) is 11.5 Å². The monoisotopic (exact) mass is 444 g/mol. The van der Waals surface area contributed by atoms with Crippen LogP contribution >= 0.6 is 0 Å². The fourth-order valence-electron chi connectivity index (χ4n) is 4.04. The van der Waals surface area contributed by atoms with Gasteiger partial charge >= 0.3 is 0 Å². The van der Waals surface area contributed by atoms with Gasteiger partial charge in [0.1, 0.15) is 11.6 Å². The minimum Gasteiger partial charge on any atom is -0.494 e. The number of para-hydroxylation sites is 2. The van der Waals surface area contributed by atoms with Crippen molar-refractivity contribution < 1.29 is 14.2 Å². The third-order valence-electron chi connectivity index (χ3n) is 5.89. The SMILES string of the molecule is COc1ccc(Cc2nc3ccccc3n2CCCOc2ccc(C(C)C)cc2)cc1OC. The molecular weight excluding hydrogens is 412 g/mol. The Balaban J connectivity index is 1.47. The van der Waals surface area contributed by atoms with Crippen molar-refractivity contribution in [2.75, 3.05) is 20.8 Å². The molecule has 0 amide bonds. The fraction of sp³-hybridized carbons (Fsp3) is 0.321. The highest BCUT2D eigenvalue weighted by molar-refractivity contribution is 5.76. The van der Waals surface area contributed by atoms with Crippen molar-refractivity contribution in [1.82, 2.24) is 9.55 Å². The first kappa shape index (κ1) is 22.7. The van der Waals surface area contributed by atoms with Gasteiger partial charge in [0.25, 0.3) is 0 Å². The summed E-state index contributed by atoms with van der Waals surface area (Å²) in [5, 5.41) is 0. The topological polar surface area (TPSA) is 45.5 Å².